The Balaban J connectivity index is 2.26. The van der Waals surface area contributed by atoms with Crippen LogP contribution in [0.5, 0.6) is 5.75 Å². The van der Waals surface area contributed by atoms with Crippen LogP contribution < -0.4 is 4.74 Å². The van der Waals surface area contributed by atoms with Crippen molar-refractivity contribution in [2.75, 3.05) is 0 Å². The number of ether oxygens (including phenoxy) is 1. The van der Waals surface area contributed by atoms with Crippen molar-refractivity contribution in [1.29, 1.82) is 0 Å². The van der Waals surface area contributed by atoms with E-state index in [4.69, 9.17) is 4.74 Å². The average Bonchev–Trinajstić information content (AvgIpc) is 2.65. The molecule has 0 saturated carbocycles. The van der Waals surface area contributed by atoms with E-state index in [1.165, 1.54) is 5.56 Å². The lowest BCUT2D eigenvalue weighted by atomic mass is 10.2. The molecule has 0 N–H and O–H groups in total. The SMILES string of the molecule is Cc1ccc2c(c1)OCc1ncnn1-2. The normalized spacial score (nSPS) is 12.9. The van der Waals surface area contributed by atoms with Gasteiger partial charge in [-0.2, -0.15) is 5.10 Å². The summed E-state index contributed by atoms with van der Waals surface area (Å²) in [5.41, 5.74) is 2.15. The number of aromatic nitrogens is 3. The van der Waals surface area contributed by atoms with Gasteiger partial charge in [-0.1, -0.05) is 6.07 Å². The number of aryl methyl sites for hydroxylation is 1. The predicted molar refractivity (Wildman–Crippen MR) is 50.4 cm³/mol. The van der Waals surface area contributed by atoms with Crippen LogP contribution in [0.15, 0.2) is 24.5 Å². The standard InChI is InChI=1S/C10H9N3O/c1-7-2-3-8-9(4-7)14-5-10-11-6-12-13(8)10/h2-4,6H,5H2,1H3. The van der Waals surface area contributed by atoms with Crippen LogP contribution in [0.4, 0.5) is 0 Å². The summed E-state index contributed by atoms with van der Waals surface area (Å²) in [5.74, 6) is 1.73. The Morgan fingerprint density at radius 2 is 2.36 bits per heavy atom. The zero-order valence-electron chi connectivity index (χ0n) is 7.77. The van der Waals surface area contributed by atoms with E-state index in [1.54, 1.807) is 6.33 Å². The van der Waals surface area contributed by atoms with Gasteiger partial charge in [-0.3, -0.25) is 0 Å². The molecule has 1 aromatic heterocycles. The van der Waals surface area contributed by atoms with Gasteiger partial charge in [-0.25, -0.2) is 9.67 Å². The molecule has 1 aliphatic heterocycles. The first kappa shape index (κ1) is 7.55. The minimum Gasteiger partial charge on any atom is -0.483 e. The molecule has 2 heterocycles. The molecule has 0 unspecified atom stereocenters. The first-order valence-electron chi connectivity index (χ1n) is 4.47. The third-order valence-electron chi connectivity index (χ3n) is 2.32. The lowest BCUT2D eigenvalue weighted by Crippen LogP contribution is -2.14. The molecule has 70 valence electrons. The summed E-state index contributed by atoms with van der Waals surface area (Å²) in [5, 5.41) is 4.15. The van der Waals surface area contributed by atoms with Crippen LogP contribution >= 0.6 is 0 Å². The molecule has 3 rings (SSSR count). The first-order chi connectivity index (χ1) is 6.84. The van der Waals surface area contributed by atoms with E-state index < -0.39 is 0 Å². The molecule has 2 aromatic rings. The molecule has 0 spiro atoms. The molecule has 0 fully saturated rings. The second-order valence-electron chi connectivity index (χ2n) is 3.35. The first-order valence-corrected chi connectivity index (χ1v) is 4.47. The van der Waals surface area contributed by atoms with Crippen molar-refractivity contribution in [1.82, 2.24) is 14.8 Å². The highest BCUT2D eigenvalue weighted by molar-refractivity contribution is 5.49. The third-order valence-corrected chi connectivity index (χ3v) is 2.32. The van der Waals surface area contributed by atoms with Crippen LogP contribution in [0.2, 0.25) is 0 Å². The summed E-state index contributed by atoms with van der Waals surface area (Å²) in [7, 11) is 0. The maximum atomic E-state index is 5.57. The van der Waals surface area contributed by atoms with E-state index in [0.717, 1.165) is 17.3 Å². The molecule has 1 aromatic carbocycles. The van der Waals surface area contributed by atoms with Crippen molar-refractivity contribution in [3.05, 3.63) is 35.9 Å². The Morgan fingerprint density at radius 1 is 1.43 bits per heavy atom. The van der Waals surface area contributed by atoms with Crippen molar-refractivity contribution in [3.8, 4) is 11.4 Å². The smallest absolute Gasteiger partial charge is 0.170 e. The predicted octanol–water partition coefficient (Wildman–Crippen LogP) is 1.47. The van der Waals surface area contributed by atoms with Gasteiger partial charge in [-0.15, -0.1) is 0 Å². The van der Waals surface area contributed by atoms with Crippen molar-refractivity contribution >= 4 is 0 Å². The maximum Gasteiger partial charge on any atom is 0.170 e. The van der Waals surface area contributed by atoms with Crippen molar-refractivity contribution in [2.24, 2.45) is 0 Å². The van der Waals surface area contributed by atoms with Gasteiger partial charge in [0.15, 0.2) is 5.82 Å². The van der Waals surface area contributed by atoms with Gasteiger partial charge in [0.1, 0.15) is 24.4 Å². The van der Waals surface area contributed by atoms with Gasteiger partial charge >= 0.3 is 0 Å². The fourth-order valence-corrected chi connectivity index (χ4v) is 1.62. The number of hydrogen-bond donors (Lipinski definition) is 0. The van der Waals surface area contributed by atoms with E-state index >= 15 is 0 Å². The van der Waals surface area contributed by atoms with Gasteiger partial charge in [0, 0.05) is 0 Å². The summed E-state index contributed by atoms with van der Waals surface area (Å²) in [6.07, 6.45) is 1.55. The molecule has 1 aliphatic rings. The summed E-state index contributed by atoms with van der Waals surface area (Å²) in [4.78, 5) is 4.10. The highest BCUT2D eigenvalue weighted by Crippen LogP contribution is 2.28. The number of fused-ring (bicyclic) bond motifs is 3. The summed E-state index contributed by atoms with van der Waals surface area (Å²) in [6.45, 7) is 2.54. The molecular weight excluding hydrogens is 178 g/mol. The van der Waals surface area contributed by atoms with E-state index in [2.05, 4.69) is 10.1 Å². The number of hydrogen-bond acceptors (Lipinski definition) is 3. The molecule has 0 bridgehead atoms. The molecule has 0 radical (unpaired) electrons. The summed E-state index contributed by atoms with van der Waals surface area (Å²) in [6, 6.07) is 6.06. The van der Waals surface area contributed by atoms with Crippen LogP contribution in [0, 0.1) is 6.92 Å². The molecule has 0 amide bonds. The molecule has 4 heteroatoms. The quantitative estimate of drug-likeness (QED) is 0.627. The summed E-state index contributed by atoms with van der Waals surface area (Å²) < 4.78 is 7.38. The largest absolute Gasteiger partial charge is 0.483 e. The lowest BCUT2D eigenvalue weighted by molar-refractivity contribution is 0.276. The Morgan fingerprint density at radius 3 is 3.29 bits per heavy atom. The van der Waals surface area contributed by atoms with E-state index in [1.807, 2.05) is 29.8 Å². The topological polar surface area (TPSA) is 39.9 Å². The van der Waals surface area contributed by atoms with Crippen LogP contribution in [0.3, 0.4) is 0 Å². The minimum atomic E-state index is 0.496. The van der Waals surface area contributed by atoms with Gasteiger partial charge in [0.2, 0.25) is 0 Å². The molecule has 0 aliphatic carbocycles. The van der Waals surface area contributed by atoms with Crippen molar-refractivity contribution in [3.63, 3.8) is 0 Å². The fourth-order valence-electron chi connectivity index (χ4n) is 1.62. The zero-order valence-corrected chi connectivity index (χ0v) is 7.77. The van der Waals surface area contributed by atoms with Gasteiger partial charge in [0.25, 0.3) is 0 Å². The van der Waals surface area contributed by atoms with Crippen LogP contribution in [0.25, 0.3) is 5.69 Å². The second-order valence-corrected chi connectivity index (χ2v) is 3.35. The minimum absolute atomic E-state index is 0.496. The van der Waals surface area contributed by atoms with Crippen LogP contribution in [-0.2, 0) is 6.61 Å². The average molecular weight is 187 g/mol. The van der Waals surface area contributed by atoms with Crippen molar-refractivity contribution in [2.45, 2.75) is 13.5 Å². The zero-order chi connectivity index (χ0) is 9.54. The second kappa shape index (κ2) is 2.57. The van der Waals surface area contributed by atoms with Gasteiger partial charge in [0.05, 0.1) is 0 Å². The monoisotopic (exact) mass is 187 g/mol. The number of rotatable bonds is 0. The van der Waals surface area contributed by atoms with E-state index in [0.29, 0.717) is 6.61 Å². The number of benzene rings is 1. The fraction of sp³-hybridized carbons (Fsp3) is 0.200. The molecular formula is C10H9N3O. The maximum absolute atomic E-state index is 5.57. The highest BCUT2D eigenvalue weighted by atomic mass is 16.5. The molecule has 0 saturated heterocycles. The Hall–Kier alpha value is -1.84. The Bertz CT molecular complexity index is 490. The lowest BCUT2D eigenvalue weighted by Gasteiger charge is -2.17. The van der Waals surface area contributed by atoms with Gasteiger partial charge < -0.3 is 4.74 Å². The van der Waals surface area contributed by atoms with E-state index in [9.17, 15) is 0 Å². The van der Waals surface area contributed by atoms with Crippen LogP contribution in [0.1, 0.15) is 11.4 Å². The van der Waals surface area contributed by atoms with Gasteiger partial charge in [-0.05, 0) is 24.6 Å². The summed E-state index contributed by atoms with van der Waals surface area (Å²) >= 11 is 0. The van der Waals surface area contributed by atoms with Crippen LogP contribution in [-0.4, -0.2) is 14.8 Å². The molecule has 4 nitrogen and oxygen atoms in total. The number of nitrogens with zero attached hydrogens (tertiary/aromatic N) is 3. The third kappa shape index (κ3) is 0.937. The molecule has 14 heavy (non-hydrogen) atoms. The Labute approximate surface area is 81.2 Å². The van der Waals surface area contributed by atoms with Crippen molar-refractivity contribution < 1.29 is 4.74 Å². The Kier molecular flexibility index (Phi) is 1.39. The highest BCUT2D eigenvalue weighted by Gasteiger charge is 2.17. The molecule has 0 atom stereocenters. The van der Waals surface area contributed by atoms with E-state index in [-0.39, 0.29) is 0 Å².